The topological polar surface area (TPSA) is 15.3 Å². The molecule has 1 saturated heterocycles. The summed E-state index contributed by atoms with van der Waals surface area (Å²) in [6, 6.07) is 1.30. The van der Waals surface area contributed by atoms with Crippen molar-refractivity contribution >= 4 is 11.6 Å². The Hall–Kier alpha value is -0.0500. The van der Waals surface area contributed by atoms with Crippen LogP contribution in [-0.4, -0.2) is 36.6 Å². The molecule has 0 saturated carbocycles. The van der Waals surface area contributed by atoms with Gasteiger partial charge in [-0.3, -0.25) is 4.90 Å². The minimum atomic E-state index is 0.640. The molecule has 1 heterocycles. The number of hydrogen-bond donors (Lipinski definition) is 1. The SMILES string of the molecule is CCC1CN(CC(C)=CCl)C(CC(C)C)CN1. The Bertz CT molecular complexity index is 251. The van der Waals surface area contributed by atoms with Crippen LogP contribution in [0.2, 0.25) is 0 Å². The highest BCUT2D eigenvalue weighted by molar-refractivity contribution is 6.25. The summed E-state index contributed by atoms with van der Waals surface area (Å²) < 4.78 is 0. The maximum Gasteiger partial charge on any atom is 0.0227 e. The second-order valence-electron chi connectivity index (χ2n) is 5.68. The molecule has 0 spiro atoms. The van der Waals surface area contributed by atoms with Gasteiger partial charge in [0.25, 0.3) is 0 Å². The Balaban J connectivity index is 2.61. The normalized spacial score (nSPS) is 27.8. The van der Waals surface area contributed by atoms with Gasteiger partial charge in [0.2, 0.25) is 0 Å². The number of hydrogen-bond acceptors (Lipinski definition) is 2. The first-order chi connectivity index (χ1) is 8.06. The summed E-state index contributed by atoms with van der Waals surface area (Å²) in [4.78, 5) is 2.60. The average molecular weight is 259 g/mol. The molecule has 0 aromatic heterocycles. The molecule has 100 valence electrons. The summed E-state index contributed by atoms with van der Waals surface area (Å²) >= 11 is 5.79. The summed E-state index contributed by atoms with van der Waals surface area (Å²) in [5, 5.41) is 3.65. The van der Waals surface area contributed by atoms with Gasteiger partial charge in [-0.1, -0.05) is 32.4 Å². The van der Waals surface area contributed by atoms with E-state index in [-0.39, 0.29) is 0 Å². The molecule has 2 atom stereocenters. The van der Waals surface area contributed by atoms with Gasteiger partial charge in [-0.2, -0.15) is 0 Å². The van der Waals surface area contributed by atoms with Crippen molar-refractivity contribution in [2.75, 3.05) is 19.6 Å². The van der Waals surface area contributed by atoms with Gasteiger partial charge in [-0.05, 0) is 31.3 Å². The molecule has 0 aromatic rings. The average Bonchev–Trinajstić information content (AvgIpc) is 2.30. The molecule has 2 unspecified atom stereocenters. The Morgan fingerprint density at radius 1 is 1.53 bits per heavy atom. The molecule has 0 aromatic carbocycles. The van der Waals surface area contributed by atoms with Crippen LogP contribution in [-0.2, 0) is 0 Å². The minimum Gasteiger partial charge on any atom is -0.311 e. The van der Waals surface area contributed by atoms with Gasteiger partial charge in [-0.25, -0.2) is 0 Å². The van der Waals surface area contributed by atoms with E-state index in [9.17, 15) is 0 Å². The van der Waals surface area contributed by atoms with Gasteiger partial charge in [0.05, 0.1) is 0 Å². The van der Waals surface area contributed by atoms with Crippen LogP contribution in [0.5, 0.6) is 0 Å². The molecular formula is C14H27ClN2. The van der Waals surface area contributed by atoms with Crippen LogP contribution >= 0.6 is 11.6 Å². The van der Waals surface area contributed by atoms with Crippen LogP contribution in [0.4, 0.5) is 0 Å². The zero-order valence-corrected chi connectivity index (χ0v) is 12.4. The molecule has 1 aliphatic heterocycles. The predicted molar refractivity (Wildman–Crippen MR) is 76.5 cm³/mol. The number of nitrogens with zero attached hydrogens (tertiary/aromatic N) is 1. The molecule has 1 N–H and O–H groups in total. The maximum atomic E-state index is 5.79. The lowest BCUT2D eigenvalue weighted by Crippen LogP contribution is -2.56. The maximum absolute atomic E-state index is 5.79. The van der Waals surface area contributed by atoms with Crippen LogP contribution in [0.25, 0.3) is 0 Å². The van der Waals surface area contributed by atoms with Crippen molar-refractivity contribution in [1.29, 1.82) is 0 Å². The smallest absolute Gasteiger partial charge is 0.0227 e. The van der Waals surface area contributed by atoms with Gasteiger partial charge in [-0.15, -0.1) is 0 Å². The summed E-state index contributed by atoms with van der Waals surface area (Å²) in [6.45, 7) is 12.2. The zero-order valence-electron chi connectivity index (χ0n) is 11.7. The molecule has 1 rings (SSSR count). The number of rotatable bonds is 5. The first kappa shape index (κ1) is 15.0. The van der Waals surface area contributed by atoms with Gasteiger partial charge in [0.15, 0.2) is 0 Å². The quantitative estimate of drug-likeness (QED) is 0.815. The monoisotopic (exact) mass is 258 g/mol. The zero-order chi connectivity index (χ0) is 12.8. The number of piperazine rings is 1. The van der Waals surface area contributed by atoms with Crippen LogP contribution < -0.4 is 5.32 Å². The third kappa shape index (κ3) is 4.99. The van der Waals surface area contributed by atoms with Crippen molar-refractivity contribution in [3.05, 3.63) is 11.1 Å². The standard InChI is InChI=1S/C14H27ClN2/c1-5-13-10-17(9-12(4)7-15)14(8-16-13)6-11(2)3/h7,11,13-14,16H,5-6,8-10H2,1-4H3. The van der Waals surface area contributed by atoms with Crippen molar-refractivity contribution in [2.24, 2.45) is 5.92 Å². The Labute approximate surface area is 111 Å². The third-order valence-electron chi connectivity index (χ3n) is 3.49. The van der Waals surface area contributed by atoms with E-state index in [0.717, 1.165) is 25.6 Å². The molecule has 3 heteroatoms. The fraction of sp³-hybridized carbons (Fsp3) is 0.857. The highest BCUT2D eigenvalue weighted by Crippen LogP contribution is 2.18. The van der Waals surface area contributed by atoms with Crippen LogP contribution in [0.1, 0.15) is 40.5 Å². The second-order valence-corrected chi connectivity index (χ2v) is 5.90. The van der Waals surface area contributed by atoms with E-state index in [1.807, 2.05) is 0 Å². The van der Waals surface area contributed by atoms with E-state index >= 15 is 0 Å². The minimum absolute atomic E-state index is 0.640. The molecule has 0 bridgehead atoms. The first-order valence-electron chi connectivity index (χ1n) is 6.80. The lowest BCUT2D eigenvalue weighted by atomic mass is 9.98. The van der Waals surface area contributed by atoms with Crippen LogP contribution in [0.3, 0.4) is 0 Å². The lowest BCUT2D eigenvalue weighted by molar-refractivity contribution is 0.123. The molecule has 0 radical (unpaired) electrons. The fourth-order valence-electron chi connectivity index (χ4n) is 2.53. The predicted octanol–water partition coefficient (Wildman–Crippen LogP) is 3.23. The fourth-order valence-corrected chi connectivity index (χ4v) is 2.60. The lowest BCUT2D eigenvalue weighted by Gasteiger charge is -2.41. The summed E-state index contributed by atoms with van der Waals surface area (Å²) in [7, 11) is 0. The van der Waals surface area contributed by atoms with Crippen molar-refractivity contribution in [3.63, 3.8) is 0 Å². The largest absolute Gasteiger partial charge is 0.311 e. The van der Waals surface area contributed by atoms with E-state index in [1.54, 1.807) is 5.54 Å². The molecule has 2 nitrogen and oxygen atoms in total. The highest BCUT2D eigenvalue weighted by Gasteiger charge is 2.27. The Morgan fingerprint density at radius 2 is 2.24 bits per heavy atom. The number of nitrogens with one attached hydrogen (secondary N) is 1. The Morgan fingerprint density at radius 3 is 2.76 bits per heavy atom. The molecule has 0 amide bonds. The van der Waals surface area contributed by atoms with Crippen molar-refractivity contribution in [3.8, 4) is 0 Å². The van der Waals surface area contributed by atoms with Crippen LogP contribution in [0, 0.1) is 5.92 Å². The molecule has 1 aliphatic rings. The van der Waals surface area contributed by atoms with Gasteiger partial charge in [0, 0.05) is 37.3 Å². The first-order valence-corrected chi connectivity index (χ1v) is 7.23. The van der Waals surface area contributed by atoms with Gasteiger partial charge >= 0.3 is 0 Å². The van der Waals surface area contributed by atoms with Crippen molar-refractivity contribution in [1.82, 2.24) is 10.2 Å². The van der Waals surface area contributed by atoms with Crippen molar-refractivity contribution in [2.45, 2.75) is 52.6 Å². The molecule has 0 aliphatic carbocycles. The summed E-state index contributed by atoms with van der Waals surface area (Å²) in [5.74, 6) is 0.753. The van der Waals surface area contributed by atoms with Gasteiger partial charge in [0.1, 0.15) is 0 Å². The second kappa shape index (κ2) is 7.40. The number of halogens is 1. The summed E-state index contributed by atoms with van der Waals surface area (Å²) in [5.41, 5.74) is 2.98. The van der Waals surface area contributed by atoms with Gasteiger partial charge < -0.3 is 5.32 Å². The Kier molecular flexibility index (Phi) is 6.53. The third-order valence-corrected chi connectivity index (χ3v) is 3.86. The summed E-state index contributed by atoms with van der Waals surface area (Å²) in [6.07, 6.45) is 2.47. The molecule has 1 fully saturated rings. The van der Waals surface area contributed by atoms with Crippen LogP contribution in [0.15, 0.2) is 11.1 Å². The molecular weight excluding hydrogens is 232 g/mol. The van der Waals surface area contributed by atoms with E-state index in [0.29, 0.717) is 12.1 Å². The van der Waals surface area contributed by atoms with E-state index in [1.165, 1.54) is 18.4 Å². The van der Waals surface area contributed by atoms with E-state index < -0.39 is 0 Å². The van der Waals surface area contributed by atoms with E-state index in [2.05, 4.69) is 37.9 Å². The molecule has 17 heavy (non-hydrogen) atoms. The van der Waals surface area contributed by atoms with E-state index in [4.69, 9.17) is 11.6 Å². The highest BCUT2D eigenvalue weighted by atomic mass is 35.5. The van der Waals surface area contributed by atoms with Crippen molar-refractivity contribution < 1.29 is 0 Å².